The molecule has 1 aliphatic carbocycles. The molecule has 1 heterocycles. The normalized spacial score (nSPS) is 18.7. The van der Waals surface area contributed by atoms with Crippen LogP contribution in [0.3, 0.4) is 0 Å². The third kappa shape index (κ3) is 1.66. The Morgan fingerprint density at radius 2 is 2.17 bits per heavy atom. The van der Waals surface area contributed by atoms with Gasteiger partial charge in [0, 0.05) is 17.5 Å². The number of rotatable bonds is 1. The van der Waals surface area contributed by atoms with Gasteiger partial charge in [-0.1, -0.05) is 12.1 Å². The average Bonchev–Trinajstić information content (AvgIpc) is 2.75. The highest BCUT2D eigenvalue weighted by atomic mass is 19.1. The third-order valence-corrected chi connectivity index (χ3v) is 3.71. The highest BCUT2D eigenvalue weighted by Crippen LogP contribution is 2.33. The number of aryl methyl sites for hydroxylation is 1. The summed E-state index contributed by atoms with van der Waals surface area (Å²) < 4.78 is 15.9. The smallest absolute Gasteiger partial charge is 0.147 e. The van der Waals surface area contributed by atoms with Crippen LogP contribution in [0.1, 0.15) is 35.8 Å². The molecule has 2 nitrogen and oxygen atoms in total. The molecule has 2 aromatic rings. The van der Waals surface area contributed by atoms with Gasteiger partial charge in [0.2, 0.25) is 0 Å². The van der Waals surface area contributed by atoms with E-state index in [0.29, 0.717) is 5.69 Å². The van der Waals surface area contributed by atoms with Gasteiger partial charge in [0.25, 0.3) is 0 Å². The number of aromatic nitrogens is 1. The first kappa shape index (κ1) is 11.5. The van der Waals surface area contributed by atoms with E-state index in [-0.39, 0.29) is 5.82 Å². The lowest BCUT2D eigenvalue weighted by Gasteiger charge is -2.21. The summed E-state index contributed by atoms with van der Waals surface area (Å²) in [6, 6.07) is 7.02. The Morgan fingerprint density at radius 3 is 2.94 bits per heavy atom. The van der Waals surface area contributed by atoms with Crippen LogP contribution in [0.4, 0.5) is 4.39 Å². The maximum absolute atomic E-state index is 14.0. The van der Waals surface area contributed by atoms with Crippen LogP contribution in [-0.4, -0.2) is 9.67 Å². The fraction of sp³-hybridized carbons (Fsp3) is 0.333. The summed E-state index contributed by atoms with van der Waals surface area (Å²) in [6.45, 7) is 1.91. The van der Waals surface area contributed by atoms with Crippen molar-refractivity contribution in [2.45, 2.75) is 32.3 Å². The van der Waals surface area contributed by atoms with Gasteiger partial charge >= 0.3 is 0 Å². The van der Waals surface area contributed by atoms with Gasteiger partial charge in [-0.3, -0.25) is 0 Å². The van der Waals surface area contributed by atoms with E-state index in [1.54, 1.807) is 6.07 Å². The van der Waals surface area contributed by atoms with E-state index < -0.39 is 6.10 Å². The van der Waals surface area contributed by atoms with Crippen LogP contribution in [-0.2, 0) is 6.42 Å². The maximum atomic E-state index is 14.0. The van der Waals surface area contributed by atoms with Gasteiger partial charge < -0.3 is 9.67 Å². The van der Waals surface area contributed by atoms with Crippen LogP contribution in [0.15, 0.2) is 30.5 Å². The first-order valence-corrected chi connectivity index (χ1v) is 6.32. The van der Waals surface area contributed by atoms with Crippen LogP contribution in [0.2, 0.25) is 0 Å². The predicted molar refractivity (Wildman–Crippen MR) is 68.4 cm³/mol. The van der Waals surface area contributed by atoms with E-state index in [4.69, 9.17) is 0 Å². The minimum absolute atomic E-state index is 0.214. The van der Waals surface area contributed by atoms with Crippen LogP contribution >= 0.6 is 0 Å². The number of benzene rings is 1. The van der Waals surface area contributed by atoms with Crippen molar-refractivity contribution in [2.75, 3.05) is 0 Å². The summed E-state index contributed by atoms with van der Waals surface area (Å²) in [7, 11) is 0. The molecule has 0 saturated carbocycles. The second-order valence-corrected chi connectivity index (χ2v) is 4.90. The van der Waals surface area contributed by atoms with Gasteiger partial charge in [-0.2, -0.15) is 0 Å². The predicted octanol–water partition coefficient (Wildman–Crippen LogP) is 3.29. The van der Waals surface area contributed by atoms with Crippen molar-refractivity contribution >= 4 is 0 Å². The van der Waals surface area contributed by atoms with Crippen LogP contribution < -0.4 is 0 Å². The molecule has 94 valence electrons. The number of hydrogen-bond donors (Lipinski definition) is 1. The van der Waals surface area contributed by atoms with Crippen LogP contribution in [0.5, 0.6) is 0 Å². The van der Waals surface area contributed by atoms with Gasteiger partial charge in [-0.25, -0.2) is 4.39 Å². The lowest BCUT2D eigenvalue weighted by Crippen LogP contribution is -2.12. The van der Waals surface area contributed by atoms with Gasteiger partial charge in [0.05, 0.1) is 11.8 Å². The van der Waals surface area contributed by atoms with Crippen molar-refractivity contribution < 1.29 is 9.50 Å². The molecule has 1 atom stereocenters. The lowest BCUT2D eigenvalue weighted by molar-refractivity contribution is 0.156. The summed E-state index contributed by atoms with van der Waals surface area (Å²) in [5.74, 6) is -0.214. The number of hydrogen-bond acceptors (Lipinski definition) is 1. The minimum Gasteiger partial charge on any atom is -0.388 e. The van der Waals surface area contributed by atoms with E-state index in [9.17, 15) is 9.50 Å². The summed E-state index contributed by atoms with van der Waals surface area (Å²) in [5, 5.41) is 9.95. The average molecular weight is 245 g/mol. The molecule has 3 heteroatoms. The molecular weight excluding hydrogens is 229 g/mol. The third-order valence-electron chi connectivity index (χ3n) is 3.71. The monoisotopic (exact) mass is 245 g/mol. The highest BCUT2D eigenvalue weighted by molar-refractivity contribution is 5.46. The second kappa shape index (κ2) is 4.25. The molecule has 1 aliphatic rings. The number of fused-ring (bicyclic) bond motifs is 1. The van der Waals surface area contributed by atoms with Crippen LogP contribution in [0, 0.1) is 12.7 Å². The van der Waals surface area contributed by atoms with Crippen molar-refractivity contribution in [1.82, 2.24) is 4.57 Å². The maximum Gasteiger partial charge on any atom is 0.147 e. The largest absolute Gasteiger partial charge is 0.388 e. The topological polar surface area (TPSA) is 25.2 Å². The lowest BCUT2D eigenvalue weighted by atomic mass is 9.95. The zero-order valence-corrected chi connectivity index (χ0v) is 10.4. The van der Waals surface area contributed by atoms with Crippen molar-refractivity contribution in [3.63, 3.8) is 0 Å². The molecule has 1 unspecified atom stereocenters. The van der Waals surface area contributed by atoms with Gasteiger partial charge in [0.15, 0.2) is 0 Å². The quantitative estimate of drug-likeness (QED) is 0.819. The Morgan fingerprint density at radius 1 is 1.33 bits per heavy atom. The molecule has 1 aromatic carbocycles. The summed E-state index contributed by atoms with van der Waals surface area (Å²) >= 11 is 0. The Balaban J connectivity index is 2.19. The second-order valence-electron chi connectivity index (χ2n) is 4.90. The van der Waals surface area contributed by atoms with Gasteiger partial charge in [-0.05, 0) is 43.9 Å². The Bertz CT molecular complexity index is 568. The molecule has 0 fully saturated rings. The van der Waals surface area contributed by atoms with E-state index in [1.807, 2.05) is 29.8 Å². The van der Waals surface area contributed by atoms with Crippen molar-refractivity contribution in [1.29, 1.82) is 0 Å². The zero-order valence-electron chi connectivity index (χ0n) is 10.4. The molecular formula is C15H16FNO. The number of nitrogens with zero attached hydrogens (tertiary/aromatic N) is 1. The first-order valence-electron chi connectivity index (χ1n) is 6.32. The van der Waals surface area contributed by atoms with Gasteiger partial charge in [-0.15, -0.1) is 0 Å². The Labute approximate surface area is 106 Å². The van der Waals surface area contributed by atoms with E-state index in [2.05, 4.69) is 0 Å². The van der Waals surface area contributed by atoms with Crippen molar-refractivity contribution in [2.24, 2.45) is 0 Å². The number of aliphatic hydroxyl groups is 1. The summed E-state index contributed by atoms with van der Waals surface area (Å²) in [6.07, 6.45) is 4.11. The highest BCUT2D eigenvalue weighted by Gasteiger charge is 2.23. The molecule has 0 amide bonds. The zero-order chi connectivity index (χ0) is 12.7. The summed E-state index contributed by atoms with van der Waals surface area (Å²) in [4.78, 5) is 0. The van der Waals surface area contributed by atoms with E-state index in [1.165, 1.54) is 6.07 Å². The SMILES string of the molecule is Cc1cccc(F)c1-n1ccc2c1CCCC2O. The minimum atomic E-state index is -0.401. The fourth-order valence-electron chi connectivity index (χ4n) is 2.80. The molecule has 0 bridgehead atoms. The molecule has 1 aromatic heterocycles. The van der Waals surface area contributed by atoms with E-state index >= 15 is 0 Å². The number of aliphatic hydroxyl groups excluding tert-OH is 1. The van der Waals surface area contributed by atoms with Gasteiger partial charge in [0.1, 0.15) is 5.82 Å². The molecule has 0 radical (unpaired) electrons. The standard InChI is InChI=1S/C15H16FNO/c1-10-4-2-5-12(16)15(10)17-9-8-11-13(17)6-3-7-14(11)18/h2,4-5,8-9,14,18H,3,6-7H2,1H3. The Kier molecular flexibility index (Phi) is 2.71. The molecule has 0 saturated heterocycles. The first-order chi connectivity index (χ1) is 8.68. The summed E-state index contributed by atoms with van der Waals surface area (Å²) in [5.41, 5.74) is 3.51. The number of para-hydroxylation sites is 1. The Hall–Kier alpha value is -1.61. The number of halogens is 1. The molecule has 0 spiro atoms. The van der Waals surface area contributed by atoms with Crippen molar-refractivity contribution in [3.05, 3.63) is 53.1 Å². The molecule has 18 heavy (non-hydrogen) atoms. The van der Waals surface area contributed by atoms with Crippen LogP contribution in [0.25, 0.3) is 5.69 Å². The van der Waals surface area contributed by atoms with E-state index in [0.717, 1.165) is 36.1 Å². The van der Waals surface area contributed by atoms with Crippen molar-refractivity contribution in [3.8, 4) is 5.69 Å². The molecule has 3 rings (SSSR count). The molecule has 1 N–H and O–H groups in total. The molecule has 0 aliphatic heterocycles. The fourth-order valence-corrected chi connectivity index (χ4v) is 2.80.